The average molecular weight is 416 g/mol. The summed E-state index contributed by atoms with van der Waals surface area (Å²) in [5.41, 5.74) is 2.21. The van der Waals surface area contributed by atoms with E-state index in [1.807, 2.05) is 50.2 Å². The van der Waals surface area contributed by atoms with Crippen LogP contribution in [0.2, 0.25) is 0 Å². The van der Waals surface area contributed by atoms with Gasteiger partial charge in [-0.25, -0.2) is 0 Å². The summed E-state index contributed by atoms with van der Waals surface area (Å²) < 4.78 is 21.8. The molecule has 0 saturated heterocycles. The van der Waals surface area contributed by atoms with Crippen molar-refractivity contribution in [3.8, 4) is 23.0 Å². The van der Waals surface area contributed by atoms with Crippen molar-refractivity contribution in [2.75, 3.05) is 34.0 Å². The Labute approximate surface area is 179 Å². The van der Waals surface area contributed by atoms with Crippen molar-refractivity contribution in [3.63, 3.8) is 0 Å². The second kappa shape index (κ2) is 12.6. The van der Waals surface area contributed by atoms with Crippen molar-refractivity contribution in [2.24, 2.45) is 0 Å². The first-order valence-corrected chi connectivity index (χ1v) is 10.5. The first-order valence-electron chi connectivity index (χ1n) is 10.5. The molecule has 164 valence electrons. The van der Waals surface area contributed by atoms with Crippen LogP contribution in [-0.4, -0.2) is 39.9 Å². The fraction of sp³-hybridized carbons (Fsp3) is 0.458. The summed E-state index contributed by atoms with van der Waals surface area (Å²) in [6.07, 6.45) is 2.82. The third-order valence-corrected chi connectivity index (χ3v) is 4.66. The summed E-state index contributed by atoms with van der Waals surface area (Å²) in [5.74, 6) is 2.96. The number of rotatable bonds is 13. The third kappa shape index (κ3) is 7.17. The van der Waals surface area contributed by atoms with E-state index in [1.165, 1.54) is 0 Å². The van der Waals surface area contributed by atoms with Crippen LogP contribution in [0.5, 0.6) is 23.0 Å². The van der Waals surface area contributed by atoms with Gasteiger partial charge in [-0.2, -0.15) is 0 Å². The normalized spacial score (nSPS) is 10.4. The fourth-order valence-corrected chi connectivity index (χ4v) is 3.15. The van der Waals surface area contributed by atoms with Crippen LogP contribution in [0.25, 0.3) is 0 Å². The molecule has 1 amide bonds. The summed E-state index contributed by atoms with van der Waals surface area (Å²) in [6, 6.07) is 11.7. The standard InChI is InChI=1S/C24H33NO5/c1-5-29-21-13-10-19(17-23(21)30-6-2)11-14-24(26)25-15-7-8-18-9-12-20(27-3)22(16-18)28-4/h9-10,12-13,16-17H,5-8,11,14-15H2,1-4H3,(H,25,26). The predicted molar refractivity (Wildman–Crippen MR) is 118 cm³/mol. The van der Waals surface area contributed by atoms with Crippen LogP contribution < -0.4 is 24.3 Å². The first-order chi connectivity index (χ1) is 14.6. The van der Waals surface area contributed by atoms with Gasteiger partial charge in [0.15, 0.2) is 23.0 Å². The van der Waals surface area contributed by atoms with E-state index in [4.69, 9.17) is 18.9 Å². The quantitative estimate of drug-likeness (QED) is 0.497. The van der Waals surface area contributed by atoms with E-state index in [1.54, 1.807) is 14.2 Å². The van der Waals surface area contributed by atoms with Gasteiger partial charge in [0, 0.05) is 13.0 Å². The second-order valence-electron chi connectivity index (χ2n) is 6.79. The molecule has 0 bridgehead atoms. The largest absolute Gasteiger partial charge is 0.493 e. The minimum atomic E-state index is 0.0501. The number of carbonyl (C=O) groups excluding carboxylic acids is 1. The van der Waals surface area contributed by atoms with Crippen molar-refractivity contribution < 1.29 is 23.7 Å². The predicted octanol–water partition coefficient (Wildman–Crippen LogP) is 4.18. The average Bonchev–Trinajstić information content (AvgIpc) is 2.77. The minimum absolute atomic E-state index is 0.0501. The molecule has 2 rings (SSSR count). The van der Waals surface area contributed by atoms with Gasteiger partial charge in [-0.15, -0.1) is 0 Å². The SMILES string of the molecule is CCOc1ccc(CCC(=O)NCCCc2ccc(OC)c(OC)c2)cc1OCC. The molecule has 6 heteroatoms. The number of ether oxygens (including phenoxy) is 4. The molecule has 0 unspecified atom stereocenters. The molecule has 0 aromatic heterocycles. The molecular formula is C24H33NO5. The van der Waals surface area contributed by atoms with Crippen LogP contribution in [0.4, 0.5) is 0 Å². The second-order valence-corrected chi connectivity index (χ2v) is 6.79. The summed E-state index contributed by atoms with van der Waals surface area (Å²) >= 11 is 0. The van der Waals surface area contributed by atoms with Gasteiger partial charge in [0.05, 0.1) is 27.4 Å². The van der Waals surface area contributed by atoms with Crippen LogP contribution in [-0.2, 0) is 17.6 Å². The zero-order valence-corrected chi connectivity index (χ0v) is 18.5. The Morgan fingerprint density at radius 2 is 1.40 bits per heavy atom. The Bertz CT molecular complexity index is 806. The number of aryl methyl sites for hydroxylation is 2. The molecule has 0 saturated carbocycles. The van der Waals surface area contributed by atoms with Crippen LogP contribution in [0.15, 0.2) is 36.4 Å². The molecule has 0 spiro atoms. The zero-order valence-electron chi connectivity index (χ0n) is 18.5. The molecular weight excluding hydrogens is 382 g/mol. The summed E-state index contributed by atoms with van der Waals surface area (Å²) in [6.45, 7) is 5.69. The van der Waals surface area contributed by atoms with Gasteiger partial charge < -0.3 is 24.3 Å². The lowest BCUT2D eigenvalue weighted by Gasteiger charge is -2.12. The Kier molecular flexibility index (Phi) is 9.84. The minimum Gasteiger partial charge on any atom is -0.493 e. The summed E-state index contributed by atoms with van der Waals surface area (Å²) in [7, 11) is 3.25. The molecule has 0 aliphatic heterocycles. The molecule has 0 fully saturated rings. The lowest BCUT2D eigenvalue weighted by molar-refractivity contribution is -0.121. The van der Waals surface area contributed by atoms with E-state index in [2.05, 4.69) is 5.32 Å². The van der Waals surface area contributed by atoms with Crippen LogP contribution in [0, 0.1) is 0 Å². The van der Waals surface area contributed by atoms with Gasteiger partial charge in [-0.05, 0) is 68.5 Å². The van der Waals surface area contributed by atoms with E-state index in [-0.39, 0.29) is 5.91 Å². The third-order valence-electron chi connectivity index (χ3n) is 4.66. The molecule has 1 N–H and O–H groups in total. The Hall–Kier alpha value is -2.89. The Morgan fingerprint density at radius 1 is 0.800 bits per heavy atom. The Balaban J connectivity index is 1.75. The number of carbonyl (C=O) groups is 1. The van der Waals surface area contributed by atoms with Crippen LogP contribution in [0.1, 0.15) is 37.8 Å². The van der Waals surface area contributed by atoms with Crippen molar-refractivity contribution >= 4 is 5.91 Å². The molecule has 30 heavy (non-hydrogen) atoms. The first kappa shape index (κ1) is 23.4. The van der Waals surface area contributed by atoms with Gasteiger partial charge >= 0.3 is 0 Å². The monoisotopic (exact) mass is 415 g/mol. The molecule has 6 nitrogen and oxygen atoms in total. The van der Waals surface area contributed by atoms with E-state index in [9.17, 15) is 4.79 Å². The van der Waals surface area contributed by atoms with Crippen LogP contribution in [0.3, 0.4) is 0 Å². The van der Waals surface area contributed by atoms with Crippen molar-refractivity contribution in [1.82, 2.24) is 5.32 Å². The number of hydrogen-bond donors (Lipinski definition) is 1. The zero-order chi connectivity index (χ0) is 21.8. The molecule has 2 aromatic rings. The highest BCUT2D eigenvalue weighted by Gasteiger charge is 2.09. The molecule has 0 radical (unpaired) electrons. The maximum atomic E-state index is 12.2. The lowest BCUT2D eigenvalue weighted by atomic mass is 10.1. The Morgan fingerprint density at radius 3 is 2.07 bits per heavy atom. The molecule has 0 atom stereocenters. The lowest BCUT2D eigenvalue weighted by Crippen LogP contribution is -2.25. The summed E-state index contributed by atoms with van der Waals surface area (Å²) in [5, 5.41) is 2.99. The van der Waals surface area contributed by atoms with Gasteiger partial charge in [-0.3, -0.25) is 4.79 Å². The van der Waals surface area contributed by atoms with E-state index in [0.29, 0.717) is 32.6 Å². The van der Waals surface area contributed by atoms with Crippen molar-refractivity contribution in [3.05, 3.63) is 47.5 Å². The van der Waals surface area contributed by atoms with Crippen LogP contribution >= 0.6 is 0 Å². The van der Waals surface area contributed by atoms with E-state index >= 15 is 0 Å². The molecule has 0 heterocycles. The maximum Gasteiger partial charge on any atom is 0.220 e. The van der Waals surface area contributed by atoms with Crippen molar-refractivity contribution in [1.29, 1.82) is 0 Å². The van der Waals surface area contributed by atoms with Gasteiger partial charge in [0.1, 0.15) is 0 Å². The highest BCUT2D eigenvalue weighted by molar-refractivity contribution is 5.76. The smallest absolute Gasteiger partial charge is 0.220 e. The fourth-order valence-electron chi connectivity index (χ4n) is 3.15. The number of benzene rings is 2. The number of hydrogen-bond acceptors (Lipinski definition) is 5. The molecule has 0 aliphatic carbocycles. The highest BCUT2D eigenvalue weighted by atomic mass is 16.5. The van der Waals surface area contributed by atoms with E-state index in [0.717, 1.165) is 47.0 Å². The molecule has 0 aliphatic rings. The summed E-state index contributed by atoms with van der Waals surface area (Å²) in [4.78, 5) is 12.2. The van der Waals surface area contributed by atoms with Crippen molar-refractivity contribution in [2.45, 2.75) is 39.5 Å². The van der Waals surface area contributed by atoms with Gasteiger partial charge in [0.25, 0.3) is 0 Å². The van der Waals surface area contributed by atoms with E-state index < -0.39 is 0 Å². The maximum absolute atomic E-state index is 12.2. The molecule has 2 aromatic carbocycles. The number of methoxy groups -OCH3 is 2. The number of nitrogens with one attached hydrogen (secondary N) is 1. The topological polar surface area (TPSA) is 66.0 Å². The van der Waals surface area contributed by atoms with Gasteiger partial charge in [-0.1, -0.05) is 12.1 Å². The highest BCUT2D eigenvalue weighted by Crippen LogP contribution is 2.29. The van der Waals surface area contributed by atoms with Gasteiger partial charge in [0.2, 0.25) is 5.91 Å². The number of amides is 1.